The summed E-state index contributed by atoms with van der Waals surface area (Å²) in [6, 6.07) is 5.63. The van der Waals surface area contributed by atoms with Crippen LogP contribution < -0.4 is 5.32 Å². The summed E-state index contributed by atoms with van der Waals surface area (Å²) >= 11 is 0. The van der Waals surface area contributed by atoms with Crippen molar-refractivity contribution in [1.29, 1.82) is 0 Å². The van der Waals surface area contributed by atoms with Crippen LogP contribution in [-0.4, -0.2) is 16.5 Å². The molecule has 18 heavy (non-hydrogen) atoms. The molecule has 1 aromatic carbocycles. The fourth-order valence-electron chi connectivity index (χ4n) is 1.56. The molecule has 0 spiro atoms. The Kier molecular flexibility index (Phi) is 3.82. The minimum absolute atomic E-state index is 0.136. The van der Waals surface area contributed by atoms with E-state index in [4.69, 9.17) is 0 Å². The average Bonchev–Trinajstić information content (AvgIpc) is 2.40. The third-order valence-corrected chi connectivity index (χ3v) is 2.45. The van der Waals surface area contributed by atoms with Gasteiger partial charge in [-0.1, -0.05) is 13.0 Å². The topological polar surface area (TPSA) is 37.8 Å². The van der Waals surface area contributed by atoms with E-state index in [-0.39, 0.29) is 5.56 Å². The predicted octanol–water partition coefficient (Wildman–Crippen LogP) is 3.24. The van der Waals surface area contributed by atoms with E-state index in [1.807, 2.05) is 6.92 Å². The van der Waals surface area contributed by atoms with Gasteiger partial charge >= 0.3 is 0 Å². The van der Waals surface area contributed by atoms with Gasteiger partial charge < -0.3 is 5.32 Å². The highest BCUT2D eigenvalue weighted by molar-refractivity contribution is 5.62. The minimum atomic E-state index is -0.891. The number of anilines is 1. The number of halogens is 2. The summed E-state index contributed by atoms with van der Waals surface area (Å²) in [5.74, 6) is -1.17. The maximum absolute atomic E-state index is 13.6. The van der Waals surface area contributed by atoms with Gasteiger partial charge in [-0.25, -0.2) is 18.7 Å². The Labute approximate surface area is 104 Å². The first-order valence-corrected chi connectivity index (χ1v) is 5.72. The van der Waals surface area contributed by atoms with Gasteiger partial charge in [0.15, 0.2) is 11.6 Å². The Morgan fingerprint density at radius 3 is 2.83 bits per heavy atom. The number of aromatic nitrogens is 2. The molecule has 1 heterocycles. The molecule has 1 N–H and O–H groups in total. The molecular formula is C13H13F2N3. The van der Waals surface area contributed by atoms with Gasteiger partial charge in [-0.2, -0.15) is 0 Å². The maximum atomic E-state index is 13.6. The molecule has 0 fully saturated rings. The van der Waals surface area contributed by atoms with Gasteiger partial charge in [0, 0.05) is 18.2 Å². The lowest BCUT2D eigenvalue weighted by atomic mass is 10.1. The summed E-state index contributed by atoms with van der Waals surface area (Å²) in [5, 5.41) is 3.07. The van der Waals surface area contributed by atoms with Crippen LogP contribution in [0, 0.1) is 11.6 Å². The van der Waals surface area contributed by atoms with E-state index in [2.05, 4.69) is 15.3 Å². The van der Waals surface area contributed by atoms with Crippen molar-refractivity contribution in [2.45, 2.75) is 13.3 Å². The van der Waals surface area contributed by atoms with E-state index in [0.717, 1.165) is 19.0 Å². The van der Waals surface area contributed by atoms with E-state index in [1.165, 1.54) is 18.5 Å². The zero-order valence-corrected chi connectivity index (χ0v) is 9.95. The van der Waals surface area contributed by atoms with Crippen molar-refractivity contribution in [2.24, 2.45) is 0 Å². The molecule has 0 aliphatic rings. The van der Waals surface area contributed by atoms with Crippen molar-refractivity contribution in [1.82, 2.24) is 9.97 Å². The molecule has 0 radical (unpaired) electrons. The molecule has 0 unspecified atom stereocenters. The molecule has 0 saturated heterocycles. The summed E-state index contributed by atoms with van der Waals surface area (Å²) in [5.41, 5.74) is 0.498. The molecule has 0 bridgehead atoms. The molecule has 94 valence electrons. The molecule has 1 aromatic heterocycles. The lowest BCUT2D eigenvalue weighted by Crippen LogP contribution is -2.02. The van der Waals surface area contributed by atoms with E-state index < -0.39 is 11.6 Å². The Bertz CT molecular complexity index is 544. The highest BCUT2D eigenvalue weighted by atomic mass is 19.2. The third-order valence-electron chi connectivity index (χ3n) is 2.45. The zero-order valence-electron chi connectivity index (χ0n) is 9.95. The summed E-state index contributed by atoms with van der Waals surface area (Å²) in [6.45, 7) is 2.80. The number of hydrogen-bond acceptors (Lipinski definition) is 3. The van der Waals surface area contributed by atoms with Gasteiger partial charge in [-0.05, 0) is 18.6 Å². The number of nitrogens with zero attached hydrogens (tertiary/aromatic N) is 2. The summed E-state index contributed by atoms with van der Waals surface area (Å²) in [7, 11) is 0. The second kappa shape index (κ2) is 5.53. The highest BCUT2D eigenvalue weighted by Crippen LogP contribution is 2.23. The molecule has 2 rings (SSSR count). The molecule has 5 heteroatoms. The van der Waals surface area contributed by atoms with Gasteiger partial charge in [0.05, 0.1) is 5.69 Å². The standard InChI is InChI=1S/C13H13F2N3/c1-2-6-16-12-7-11(17-8-18-12)9-4-3-5-10(14)13(9)15/h3-5,7-8H,2,6H2,1H3,(H,16,17,18). The Morgan fingerprint density at radius 2 is 2.06 bits per heavy atom. The van der Waals surface area contributed by atoms with Gasteiger partial charge in [-0.3, -0.25) is 0 Å². The van der Waals surface area contributed by atoms with Gasteiger partial charge in [0.1, 0.15) is 12.1 Å². The first-order chi connectivity index (χ1) is 8.72. The molecule has 0 aliphatic heterocycles. The van der Waals surface area contributed by atoms with Crippen LogP contribution in [0.4, 0.5) is 14.6 Å². The average molecular weight is 249 g/mol. The summed E-state index contributed by atoms with van der Waals surface area (Å²) < 4.78 is 26.7. The minimum Gasteiger partial charge on any atom is -0.370 e. The second-order valence-corrected chi connectivity index (χ2v) is 3.82. The van der Waals surface area contributed by atoms with Gasteiger partial charge in [-0.15, -0.1) is 0 Å². The van der Waals surface area contributed by atoms with Crippen LogP contribution in [0.3, 0.4) is 0 Å². The van der Waals surface area contributed by atoms with E-state index >= 15 is 0 Å². The van der Waals surface area contributed by atoms with Crippen molar-refractivity contribution in [3.05, 3.63) is 42.2 Å². The lowest BCUT2D eigenvalue weighted by molar-refractivity contribution is 0.511. The Balaban J connectivity index is 2.35. The number of rotatable bonds is 4. The Hall–Kier alpha value is -2.04. The maximum Gasteiger partial charge on any atom is 0.168 e. The summed E-state index contributed by atoms with van der Waals surface area (Å²) in [6.07, 6.45) is 2.28. The number of hydrogen-bond donors (Lipinski definition) is 1. The molecule has 0 atom stereocenters. The van der Waals surface area contributed by atoms with Crippen LogP contribution in [0.15, 0.2) is 30.6 Å². The van der Waals surface area contributed by atoms with Gasteiger partial charge in [0.2, 0.25) is 0 Å². The van der Waals surface area contributed by atoms with Crippen LogP contribution in [0.25, 0.3) is 11.3 Å². The van der Waals surface area contributed by atoms with Crippen LogP contribution in [0.5, 0.6) is 0 Å². The smallest absolute Gasteiger partial charge is 0.168 e. The molecule has 3 nitrogen and oxygen atoms in total. The molecular weight excluding hydrogens is 236 g/mol. The first kappa shape index (κ1) is 12.4. The SMILES string of the molecule is CCCNc1cc(-c2cccc(F)c2F)ncn1. The summed E-state index contributed by atoms with van der Waals surface area (Å²) in [4.78, 5) is 7.98. The monoisotopic (exact) mass is 249 g/mol. The zero-order chi connectivity index (χ0) is 13.0. The van der Waals surface area contributed by atoms with Crippen LogP contribution in [0.1, 0.15) is 13.3 Å². The fraction of sp³-hybridized carbons (Fsp3) is 0.231. The third kappa shape index (κ3) is 2.61. The number of nitrogens with one attached hydrogen (secondary N) is 1. The largest absolute Gasteiger partial charge is 0.370 e. The molecule has 0 saturated carbocycles. The van der Waals surface area contributed by atoms with Crippen LogP contribution in [0.2, 0.25) is 0 Å². The normalized spacial score (nSPS) is 10.4. The van der Waals surface area contributed by atoms with Gasteiger partial charge in [0.25, 0.3) is 0 Å². The van der Waals surface area contributed by atoms with Crippen molar-refractivity contribution in [2.75, 3.05) is 11.9 Å². The Morgan fingerprint density at radius 1 is 1.22 bits per heavy atom. The van der Waals surface area contributed by atoms with Crippen molar-refractivity contribution >= 4 is 5.82 Å². The first-order valence-electron chi connectivity index (χ1n) is 5.72. The predicted molar refractivity (Wildman–Crippen MR) is 66.2 cm³/mol. The van der Waals surface area contributed by atoms with Crippen LogP contribution >= 0.6 is 0 Å². The number of benzene rings is 1. The van der Waals surface area contributed by atoms with Crippen molar-refractivity contribution in [3.63, 3.8) is 0 Å². The molecule has 0 aliphatic carbocycles. The molecule has 2 aromatic rings. The fourth-order valence-corrected chi connectivity index (χ4v) is 1.56. The highest BCUT2D eigenvalue weighted by Gasteiger charge is 2.11. The molecule has 0 amide bonds. The van der Waals surface area contributed by atoms with E-state index in [0.29, 0.717) is 11.5 Å². The quantitative estimate of drug-likeness (QED) is 0.903. The second-order valence-electron chi connectivity index (χ2n) is 3.82. The lowest BCUT2D eigenvalue weighted by Gasteiger charge is -2.06. The van der Waals surface area contributed by atoms with Crippen molar-refractivity contribution < 1.29 is 8.78 Å². The van der Waals surface area contributed by atoms with Crippen molar-refractivity contribution in [3.8, 4) is 11.3 Å². The van der Waals surface area contributed by atoms with Crippen LogP contribution in [-0.2, 0) is 0 Å². The van der Waals surface area contributed by atoms with E-state index in [1.54, 1.807) is 6.07 Å². The van der Waals surface area contributed by atoms with E-state index in [9.17, 15) is 8.78 Å².